The quantitative estimate of drug-likeness (QED) is 0.812. The normalized spacial score (nSPS) is 12.3. The molecule has 0 aliphatic heterocycles. The second-order valence-electron chi connectivity index (χ2n) is 4.79. The summed E-state index contributed by atoms with van der Waals surface area (Å²) in [5.74, 6) is 0.353. The van der Waals surface area contributed by atoms with Gasteiger partial charge in [-0.1, -0.05) is 37.0 Å². The third kappa shape index (κ3) is 5.57. The molecule has 2 N–H and O–H groups in total. The lowest BCUT2D eigenvalue weighted by Gasteiger charge is -2.21. The van der Waals surface area contributed by atoms with Gasteiger partial charge in [0.05, 0.1) is 5.02 Å². The van der Waals surface area contributed by atoms with Gasteiger partial charge < -0.3 is 15.2 Å². The van der Waals surface area contributed by atoms with Crippen molar-refractivity contribution in [3.05, 3.63) is 28.2 Å². The molecule has 6 heteroatoms. The topological polar surface area (TPSA) is 58.6 Å². The van der Waals surface area contributed by atoms with Gasteiger partial charge in [-0.05, 0) is 24.5 Å². The van der Waals surface area contributed by atoms with Crippen molar-refractivity contribution < 1.29 is 14.6 Å². The zero-order chi connectivity index (χ0) is 15.1. The van der Waals surface area contributed by atoms with Gasteiger partial charge >= 0.3 is 0 Å². The van der Waals surface area contributed by atoms with Crippen LogP contribution in [0.1, 0.15) is 20.3 Å². The molecule has 112 valence electrons. The van der Waals surface area contributed by atoms with E-state index in [4.69, 9.17) is 33.0 Å². The number of amides is 1. The van der Waals surface area contributed by atoms with Gasteiger partial charge in [-0.2, -0.15) is 0 Å². The van der Waals surface area contributed by atoms with Gasteiger partial charge in [0.1, 0.15) is 5.75 Å². The molecule has 0 saturated heterocycles. The maximum Gasteiger partial charge on any atom is 0.258 e. The molecule has 4 nitrogen and oxygen atoms in total. The molecule has 0 fully saturated rings. The van der Waals surface area contributed by atoms with Crippen molar-refractivity contribution in [1.82, 2.24) is 5.32 Å². The smallest absolute Gasteiger partial charge is 0.258 e. The minimum atomic E-state index is -0.256. The summed E-state index contributed by atoms with van der Waals surface area (Å²) < 4.78 is 5.35. The lowest BCUT2D eigenvalue weighted by atomic mass is 10.0. The molecule has 0 heterocycles. The van der Waals surface area contributed by atoms with Crippen molar-refractivity contribution in [2.24, 2.45) is 5.92 Å². The summed E-state index contributed by atoms with van der Waals surface area (Å²) in [5, 5.41) is 12.7. The molecule has 0 bridgehead atoms. The number of rotatable bonds is 7. The second kappa shape index (κ2) is 8.35. The first-order valence-electron chi connectivity index (χ1n) is 6.42. The first-order valence-corrected chi connectivity index (χ1v) is 7.17. The summed E-state index contributed by atoms with van der Waals surface area (Å²) in [6.45, 7) is 3.85. The highest BCUT2D eigenvalue weighted by atomic mass is 35.5. The molecule has 0 aliphatic carbocycles. The van der Waals surface area contributed by atoms with Gasteiger partial charge in [0.25, 0.3) is 5.91 Å². The van der Waals surface area contributed by atoms with Crippen LogP contribution in [0.25, 0.3) is 0 Å². The van der Waals surface area contributed by atoms with Crippen LogP contribution in [0, 0.1) is 5.92 Å². The van der Waals surface area contributed by atoms with E-state index < -0.39 is 0 Å². The maximum atomic E-state index is 11.8. The first-order chi connectivity index (χ1) is 9.43. The number of halogens is 2. The third-order valence-corrected chi connectivity index (χ3v) is 3.39. The zero-order valence-electron chi connectivity index (χ0n) is 11.5. The van der Waals surface area contributed by atoms with Crippen molar-refractivity contribution in [2.75, 3.05) is 13.2 Å². The van der Waals surface area contributed by atoms with E-state index in [0.29, 0.717) is 22.2 Å². The highest BCUT2D eigenvalue weighted by Gasteiger charge is 2.16. The van der Waals surface area contributed by atoms with Crippen LogP contribution in [0.2, 0.25) is 10.0 Å². The van der Waals surface area contributed by atoms with Gasteiger partial charge in [-0.3, -0.25) is 4.79 Å². The van der Waals surface area contributed by atoms with Crippen LogP contribution in [0.5, 0.6) is 5.75 Å². The van der Waals surface area contributed by atoms with E-state index >= 15 is 0 Å². The van der Waals surface area contributed by atoms with Crippen molar-refractivity contribution >= 4 is 29.1 Å². The van der Waals surface area contributed by atoms with Crippen molar-refractivity contribution in [2.45, 2.75) is 26.3 Å². The standard InChI is InChI=1S/C14H19Cl2NO3/c1-9(2)12(5-6-18)17-14(19)8-20-13-7-10(15)3-4-11(13)16/h3-4,7,9,12,18H,5-6,8H2,1-2H3,(H,17,19). The van der Waals surface area contributed by atoms with Crippen LogP contribution in [-0.2, 0) is 4.79 Å². The molecule has 0 aromatic heterocycles. The predicted molar refractivity (Wildman–Crippen MR) is 80.4 cm³/mol. The number of hydrogen-bond acceptors (Lipinski definition) is 3. The molecule has 20 heavy (non-hydrogen) atoms. The van der Waals surface area contributed by atoms with Gasteiger partial charge in [0.15, 0.2) is 6.61 Å². The van der Waals surface area contributed by atoms with E-state index in [1.807, 2.05) is 13.8 Å². The van der Waals surface area contributed by atoms with E-state index in [-0.39, 0.29) is 31.1 Å². The van der Waals surface area contributed by atoms with E-state index in [2.05, 4.69) is 5.32 Å². The molecule has 1 rings (SSSR count). The average molecular weight is 320 g/mol. The van der Waals surface area contributed by atoms with Crippen molar-refractivity contribution in [3.8, 4) is 5.75 Å². The van der Waals surface area contributed by atoms with E-state index in [0.717, 1.165) is 0 Å². The molecular weight excluding hydrogens is 301 g/mol. The Morgan fingerprint density at radius 2 is 2.10 bits per heavy atom. The number of ether oxygens (including phenoxy) is 1. The molecular formula is C14H19Cl2NO3. The Morgan fingerprint density at radius 1 is 1.40 bits per heavy atom. The molecule has 0 spiro atoms. The van der Waals surface area contributed by atoms with Gasteiger partial charge in [-0.15, -0.1) is 0 Å². The molecule has 0 saturated carbocycles. The lowest BCUT2D eigenvalue weighted by molar-refractivity contribution is -0.124. The van der Waals surface area contributed by atoms with Crippen LogP contribution in [0.3, 0.4) is 0 Å². The van der Waals surface area contributed by atoms with Gasteiger partial charge in [0.2, 0.25) is 0 Å². The zero-order valence-corrected chi connectivity index (χ0v) is 13.0. The lowest BCUT2D eigenvalue weighted by Crippen LogP contribution is -2.41. The van der Waals surface area contributed by atoms with Gasteiger partial charge in [-0.25, -0.2) is 0 Å². The van der Waals surface area contributed by atoms with Crippen LogP contribution in [0.4, 0.5) is 0 Å². The Balaban J connectivity index is 2.52. The van der Waals surface area contributed by atoms with E-state index in [1.165, 1.54) is 0 Å². The van der Waals surface area contributed by atoms with E-state index in [1.54, 1.807) is 18.2 Å². The summed E-state index contributed by atoms with van der Waals surface area (Å²) >= 11 is 11.8. The fraction of sp³-hybridized carbons (Fsp3) is 0.500. The highest BCUT2D eigenvalue weighted by Crippen LogP contribution is 2.27. The Labute approximate surface area is 129 Å². The van der Waals surface area contributed by atoms with Crippen LogP contribution < -0.4 is 10.1 Å². The summed E-state index contributed by atoms with van der Waals surface area (Å²) in [6.07, 6.45) is 0.515. The predicted octanol–water partition coefficient (Wildman–Crippen LogP) is 2.90. The third-order valence-electron chi connectivity index (χ3n) is 2.84. The number of hydrogen-bond donors (Lipinski definition) is 2. The van der Waals surface area contributed by atoms with E-state index in [9.17, 15) is 4.79 Å². The van der Waals surface area contributed by atoms with Crippen LogP contribution in [-0.4, -0.2) is 30.3 Å². The van der Waals surface area contributed by atoms with Crippen LogP contribution in [0.15, 0.2) is 18.2 Å². The SMILES string of the molecule is CC(C)C(CCO)NC(=O)COc1cc(Cl)ccc1Cl. The summed E-state index contributed by atoms with van der Waals surface area (Å²) in [4.78, 5) is 11.8. The number of benzene rings is 1. The average Bonchev–Trinajstić information content (AvgIpc) is 2.39. The number of carbonyl (C=O) groups excluding carboxylic acids is 1. The second-order valence-corrected chi connectivity index (χ2v) is 5.64. The first kappa shape index (κ1) is 17.1. The molecule has 1 unspecified atom stereocenters. The molecule has 0 radical (unpaired) electrons. The summed E-state index contributed by atoms with van der Waals surface area (Å²) in [5.41, 5.74) is 0. The largest absolute Gasteiger partial charge is 0.482 e. The Bertz CT molecular complexity index is 452. The number of aliphatic hydroxyl groups excluding tert-OH is 1. The minimum Gasteiger partial charge on any atom is -0.482 e. The minimum absolute atomic E-state index is 0.0319. The fourth-order valence-electron chi connectivity index (χ4n) is 1.69. The molecule has 1 aromatic rings. The maximum absolute atomic E-state index is 11.8. The number of aliphatic hydroxyl groups is 1. The van der Waals surface area contributed by atoms with Crippen molar-refractivity contribution in [3.63, 3.8) is 0 Å². The molecule has 1 atom stereocenters. The molecule has 0 aliphatic rings. The fourth-order valence-corrected chi connectivity index (χ4v) is 2.03. The Kier molecular flexibility index (Phi) is 7.13. The number of carbonyl (C=O) groups is 1. The molecule has 1 aromatic carbocycles. The Morgan fingerprint density at radius 3 is 2.70 bits per heavy atom. The Hall–Kier alpha value is -0.970. The summed E-state index contributed by atoms with van der Waals surface area (Å²) in [6, 6.07) is 4.74. The van der Waals surface area contributed by atoms with Gasteiger partial charge in [0, 0.05) is 23.7 Å². The van der Waals surface area contributed by atoms with Crippen molar-refractivity contribution in [1.29, 1.82) is 0 Å². The molecule has 1 amide bonds. The monoisotopic (exact) mass is 319 g/mol. The summed E-state index contributed by atoms with van der Waals surface area (Å²) in [7, 11) is 0. The number of nitrogens with one attached hydrogen (secondary N) is 1. The highest BCUT2D eigenvalue weighted by molar-refractivity contribution is 6.34. The van der Waals surface area contributed by atoms with Crippen LogP contribution >= 0.6 is 23.2 Å².